The molecular weight excluding hydrogens is 146 g/mol. The van der Waals surface area contributed by atoms with E-state index >= 15 is 0 Å². The molecule has 0 aromatic carbocycles. The predicted octanol–water partition coefficient (Wildman–Crippen LogP) is 2.81. The quantitative estimate of drug-likeness (QED) is 0.685. The summed E-state index contributed by atoms with van der Waals surface area (Å²) in [6.07, 6.45) is 5.63. The molecule has 3 atom stereocenters. The van der Waals surface area contributed by atoms with E-state index in [-0.39, 0.29) is 0 Å². The summed E-state index contributed by atoms with van der Waals surface area (Å²) in [5, 5.41) is 3.58. The molecule has 0 heterocycles. The van der Waals surface area contributed by atoms with Crippen LogP contribution in [0.25, 0.3) is 0 Å². The van der Waals surface area contributed by atoms with Crippen molar-refractivity contribution in [3.63, 3.8) is 0 Å². The fourth-order valence-electron chi connectivity index (χ4n) is 2.53. The Morgan fingerprint density at radius 1 is 1.17 bits per heavy atom. The van der Waals surface area contributed by atoms with Crippen molar-refractivity contribution < 1.29 is 0 Å². The monoisotopic (exact) mass is 169 g/mol. The van der Waals surface area contributed by atoms with Gasteiger partial charge in [0, 0.05) is 6.04 Å². The van der Waals surface area contributed by atoms with Crippen LogP contribution in [-0.2, 0) is 0 Å². The van der Waals surface area contributed by atoms with E-state index in [1.54, 1.807) is 0 Å². The standard InChI is InChI=1S/C11H23N/c1-4-10-6-9(3)7-11(8-10)12-5-2/h9-12H,4-8H2,1-3H3. The first-order valence-electron chi connectivity index (χ1n) is 5.49. The molecule has 1 nitrogen and oxygen atoms in total. The second kappa shape index (κ2) is 4.86. The van der Waals surface area contributed by atoms with Crippen molar-refractivity contribution in [1.82, 2.24) is 5.32 Å². The second-order valence-corrected chi connectivity index (χ2v) is 4.34. The molecule has 1 heteroatoms. The number of nitrogens with one attached hydrogen (secondary N) is 1. The van der Waals surface area contributed by atoms with Crippen molar-refractivity contribution in [1.29, 1.82) is 0 Å². The predicted molar refractivity (Wildman–Crippen MR) is 54.3 cm³/mol. The molecule has 0 bridgehead atoms. The molecule has 3 unspecified atom stereocenters. The molecule has 1 fully saturated rings. The van der Waals surface area contributed by atoms with Crippen LogP contribution in [0.4, 0.5) is 0 Å². The molecule has 1 aliphatic carbocycles. The highest BCUT2D eigenvalue weighted by Gasteiger charge is 2.24. The molecule has 1 rings (SSSR count). The highest BCUT2D eigenvalue weighted by molar-refractivity contribution is 4.80. The van der Waals surface area contributed by atoms with Crippen molar-refractivity contribution in [3.8, 4) is 0 Å². The SMILES string of the molecule is CCNC1CC(C)CC(CC)C1. The molecular formula is C11H23N. The average molecular weight is 169 g/mol. The van der Waals surface area contributed by atoms with E-state index in [0.717, 1.165) is 24.4 Å². The van der Waals surface area contributed by atoms with E-state index in [1.807, 2.05) is 0 Å². The molecule has 0 spiro atoms. The molecule has 0 aromatic rings. The van der Waals surface area contributed by atoms with Crippen molar-refractivity contribution in [2.45, 2.75) is 52.5 Å². The summed E-state index contributed by atoms with van der Waals surface area (Å²) in [5.74, 6) is 1.92. The summed E-state index contributed by atoms with van der Waals surface area (Å²) >= 11 is 0. The maximum absolute atomic E-state index is 3.58. The third-order valence-corrected chi connectivity index (χ3v) is 3.11. The summed E-state index contributed by atoms with van der Waals surface area (Å²) in [4.78, 5) is 0. The summed E-state index contributed by atoms with van der Waals surface area (Å²) in [6.45, 7) is 8.06. The van der Waals surface area contributed by atoms with Crippen LogP contribution in [0.1, 0.15) is 46.5 Å². The van der Waals surface area contributed by atoms with Crippen molar-refractivity contribution in [3.05, 3.63) is 0 Å². The van der Waals surface area contributed by atoms with Crippen LogP contribution in [0.15, 0.2) is 0 Å². The third-order valence-electron chi connectivity index (χ3n) is 3.11. The molecule has 1 N–H and O–H groups in total. The van der Waals surface area contributed by atoms with Crippen LogP contribution in [-0.4, -0.2) is 12.6 Å². The summed E-state index contributed by atoms with van der Waals surface area (Å²) < 4.78 is 0. The highest BCUT2D eigenvalue weighted by Crippen LogP contribution is 2.30. The van der Waals surface area contributed by atoms with Gasteiger partial charge in [-0.25, -0.2) is 0 Å². The molecule has 0 aliphatic heterocycles. The Kier molecular flexibility index (Phi) is 4.07. The van der Waals surface area contributed by atoms with E-state index in [0.29, 0.717) is 0 Å². The first-order chi connectivity index (χ1) is 5.76. The van der Waals surface area contributed by atoms with Gasteiger partial charge in [-0.15, -0.1) is 0 Å². The minimum atomic E-state index is 0.809. The van der Waals surface area contributed by atoms with Crippen molar-refractivity contribution in [2.75, 3.05) is 6.54 Å². The van der Waals surface area contributed by atoms with E-state index in [4.69, 9.17) is 0 Å². The van der Waals surface area contributed by atoms with Crippen LogP contribution < -0.4 is 5.32 Å². The zero-order valence-electron chi connectivity index (χ0n) is 8.77. The lowest BCUT2D eigenvalue weighted by Crippen LogP contribution is -2.36. The minimum Gasteiger partial charge on any atom is -0.314 e. The summed E-state index contributed by atoms with van der Waals surface area (Å²) in [7, 11) is 0. The Labute approximate surface area is 76.9 Å². The van der Waals surface area contributed by atoms with Crippen LogP contribution in [0.3, 0.4) is 0 Å². The van der Waals surface area contributed by atoms with Gasteiger partial charge >= 0.3 is 0 Å². The first-order valence-corrected chi connectivity index (χ1v) is 5.49. The molecule has 0 aromatic heterocycles. The van der Waals surface area contributed by atoms with Crippen LogP contribution in [0.2, 0.25) is 0 Å². The molecule has 1 saturated carbocycles. The zero-order valence-corrected chi connectivity index (χ0v) is 8.77. The normalized spacial score (nSPS) is 36.8. The fourth-order valence-corrected chi connectivity index (χ4v) is 2.53. The molecule has 12 heavy (non-hydrogen) atoms. The highest BCUT2D eigenvalue weighted by atomic mass is 14.9. The Hall–Kier alpha value is -0.0400. The molecule has 72 valence electrons. The number of hydrogen-bond donors (Lipinski definition) is 1. The van der Waals surface area contributed by atoms with Gasteiger partial charge in [-0.1, -0.05) is 27.2 Å². The average Bonchev–Trinajstić information content (AvgIpc) is 2.04. The van der Waals surface area contributed by atoms with Crippen LogP contribution >= 0.6 is 0 Å². The van der Waals surface area contributed by atoms with E-state index in [2.05, 4.69) is 26.1 Å². The first kappa shape index (κ1) is 10.0. The van der Waals surface area contributed by atoms with Crippen LogP contribution in [0, 0.1) is 11.8 Å². The molecule has 1 aliphatic rings. The topological polar surface area (TPSA) is 12.0 Å². The molecule has 0 amide bonds. The van der Waals surface area contributed by atoms with Gasteiger partial charge in [0.05, 0.1) is 0 Å². The van der Waals surface area contributed by atoms with Crippen LogP contribution in [0.5, 0.6) is 0 Å². The smallest absolute Gasteiger partial charge is 0.00721 e. The lowest BCUT2D eigenvalue weighted by atomic mass is 9.78. The Morgan fingerprint density at radius 3 is 2.50 bits per heavy atom. The van der Waals surface area contributed by atoms with E-state index in [9.17, 15) is 0 Å². The minimum absolute atomic E-state index is 0.809. The lowest BCUT2D eigenvalue weighted by molar-refractivity contribution is 0.223. The second-order valence-electron chi connectivity index (χ2n) is 4.34. The zero-order chi connectivity index (χ0) is 8.97. The van der Waals surface area contributed by atoms with E-state index in [1.165, 1.54) is 25.7 Å². The van der Waals surface area contributed by atoms with Gasteiger partial charge in [0.25, 0.3) is 0 Å². The Balaban J connectivity index is 2.34. The summed E-state index contributed by atoms with van der Waals surface area (Å²) in [5.41, 5.74) is 0. The molecule has 0 saturated heterocycles. The maximum Gasteiger partial charge on any atom is 0.00721 e. The lowest BCUT2D eigenvalue weighted by Gasteiger charge is -2.33. The Bertz CT molecular complexity index is 122. The largest absolute Gasteiger partial charge is 0.314 e. The molecule has 0 radical (unpaired) electrons. The van der Waals surface area contributed by atoms with Gasteiger partial charge in [-0.2, -0.15) is 0 Å². The maximum atomic E-state index is 3.58. The van der Waals surface area contributed by atoms with E-state index < -0.39 is 0 Å². The van der Waals surface area contributed by atoms with Gasteiger partial charge in [0.2, 0.25) is 0 Å². The van der Waals surface area contributed by atoms with Gasteiger partial charge < -0.3 is 5.32 Å². The third kappa shape index (κ3) is 2.78. The van der Waals surface area contributed by atoms with Crippen molar-refractivity contribution >= 4 is 0 Å². The Morgan fingerprint density at radius 2 is 1.92 bits per heavy atom. The summed E-state index contributed by atoms with van der Waals surface area (Å²) in [6, 6.07) is 0.809. The number of rotatable bonds is 3. The van der Waals surface area contributed by atoms with Crippen molar-refractivity contribution in [2.24, 2.45) is 11.8 Å². The van der Waals surface area contributed by atoms with Gasteiger partial charge in [-0.3, -0.25) is 0 Å². The number of hydrogen-bond acceptors (Lipinski definition) is 1. The van der Waals surface area contributed by atoms with Gasteiger partial charge in [-0.05, 0) is 37.6 Å². The van der Waals surface area contributed by atoms with Gasteiger partial charge in [0.15, 0.2) is 0 Å². The fraction of sp³-hybridized carbons (Fsp3) is 1.00. The van der Waals surface area contributed by atoms with Gasteiger partial charge in [0.1, 0.15) is 0 Å².